The van der Waals surface area contributed by atoms with Crippen LogP contribution in [0.3, 0.4) is 0 Å². The third kappa shape index (κ3) is 3.73. The van der Waals surface area contributed by atoms with Crippen molar-refractivity contribution in [2.75, 3.05) is 0 Å². The van der Waals surface area contributed by atoms with E-state index in [2.05, 4.69) is 4.74 Å². The maximum absolute atomic E-state index is 12.5. The van der Waals surface area contributed by atoms with E-state index in [1.165, 1.54) is 30.3 Å². The molecule has 0 spiro atoms. The summed E-state index contributed by atoms with van der Waals surface area (Å²) in [5.41, 5.74) is 0.182. The van der Waals surface area contributed by atoms with Crippen molar-refractivity contribution in [3.8, 4) is 16.9 Å². The SMILES string of the molecule is OCc1ccc(-c2ccc(C(F)(F)F)cc2)cc1OC(F)F. The molecule has 0 radical (unpaired) electrons. The van der Waals surface area contributed by atoms with Crippen LogP contribution in [0.2, 0.25) is 0 Å². The highest BCUT2D eigenvalue weighted by atomic mass is 19.4. The molecular formula is C15H11F5O2. The molecule has 0 bridgehead atoms. The van der Waals surface area contributed by atoms with Gasteiger partial charge in [0.05, 0.1) is 12.2 Å². The van der Waals surface area contributed by atoms with Crippen LogP contribution < -0.4 is 4.74 Å². The summed E-state index contributed by atoms with van der Waals surface area (Å²) in [6, 6.07) is 8.43. The number of hydrogen-bond donors (Lipinski definition) is 1. The van der Waals surface area contributed by atoms with Crippen LogP contribution in [0.25, 0.3) is 11.1 Å². The highest BCUT2D eigenvalue weighted by Crippen LogP contribution is 2.32. The summed E-state index contributed by atoms with van der Waals surface area (Å²) in [5, 5.41) is 9.07. The zero-order valence-electron chi connectivity index (χ0n) is 11.1. The van der Waals surface area contributed by atoms with Gasteiger partial charge in [-0.15, -0.1) is 0 Å². The maximum Gasteiger partial charge on any atom is 0.416 e. The fraction of sp³-hybridized carbons (Fsp3) is 0.200. The first-order valence-corrected chi connectivity index (χ1v) is 6.17. The zero-order valence-corrected chi connectivity index (χ0v) is 11.1. The van der Waals surface area contributed by atoms with Crippen LogP contribution in [0.1, 0.15) is 11.1 Å². The molecule has 0 aliphatic carbocycles. The van der Waals surface area contributed by atoms with E-state index in [1.54, 1.807) is 0 Å². The van der Waals surface area contributed by atoms with Crippen molar-refractivity contribution in [3.63, 3.8) is 0 Å². The Labute approximate surface area is 122 Å². The quantitative estimate of drug-likeness (QED) is 0.843. The van der Waals surface area contributed by atoms with Gasteiger partial charge in [-0.3, -0.25) is 0 Å². The molecule has 2 aromatic rings. The second kappa shape index (κ2) is 6.31. The highest BCUT2D eigenvalue weighted by molar-refractivity contribution is 5.66. The Morgan fingerprint density at radius 3 is 2.05 bits per heavy atom. The second-order valence-corrected chi connectivity index (χ2v) is 4.43. The van der Waals surface area contributed by atoms with Gasteiger partial charge < -0.3 is 9.84 Å². The predicted octanol–water partition coefficient (Wildman–Crippen LogP) is 4.47. The zero-order chi connectivity index (χ0) is 16.3. The van der Waals surface area contributed by atoms with Crippen LogP contribution in [0.5, 0.6) is 5.75 Å². The molecule has 0 amide bonds. The molecule has 2 rings (SSSR count). The third-order valence-electron chi connectivity index (χ3n) is 3.00. The van der Waals surface area contributed by atoms with Gasteiger partial charge in [-0.25, -0.2) is 0 Å². The highest BCUT2D eigenvalue weighted by Gasteiger charge is 2.30. The van der Waals surface area contributed by atoms with E-state index in [0.717, 1.165) is 12.1 Å². The minimum atomic E-state index is -4.44. The first kappa shape index (κ1) is 16.2. The number of aliphatic hydroxyl groups excluding tert-OH is 1. The Kier molecular flexibility index (Phi) is 4.65. The summed E-state index contributed by atoms with van der Waals surface area (Å²) < 4.78 is 66.4. The predicted molar refractivity (Wildman–Crippen MR) is 69.4 cm³/mol. The summed E-state index contributed by atoms with van der Waals surface area (Å²) in [6.45, 7) is -3.55. The molecule has 0 aromatic heterocycles. The number of rotatable bonds is 4. The Morgan fingerprint density at radius 1 is 0.955 bits per heavy atom. The van der Waals surface area contributed by atoms with Crippen molar-refractivity contribution in [1.29, 1.82) is 0 Å². The Hall–Kier alpha value is -2.15. The van der Waals surface area contributed by atoms with Gasteiger partial charge in [0.25, 0.3) is 0 Å². The molecule has 2 nitrogen and oxygen atoms in total. The van der Waals surface area contributed by atoms with Crippen LogP contribution in [0.15, 0.2) is 42.5 Å². The fourth-order valence-electron chi connectivity index (χ4n) is 1.92. The lowest BCUT2D eigenvalue weighted by atomic mass is 10.0. The van der Waals surface area contributed by atoms with Crippen LogP contribution in [-0.2, 0) is 12.8 Å². The molecule has 7 heteroatoms. The fourth-order valence-corrected chi connectivity index (χ4v) is 1.92. The first-order chi connectivity index (χ1) is 10.3. The summed E-state index contributed by atoms with van der Waals surface area (Å²) in [5.74, 6) is -0.213. The molecule has 0 heterocycles. The van der Waals surface area contributed by atoms with E-state index in [0.29, 0.717) is 11.1 Å². The number of benzene rings is 2. The normalized spacial score (nSPS) is 11.8. The van der Waals surface area contributed by atoms with E-state index in [4.69, 9.17) is 5.11 Å². The lowest BCUT2D eigenvalue weighted by Gasteiger charge is -2.12. The van der Waals surface area contributed by atoms with Gasteiger partial charge in [-0.2, -0.15) is 22.0 Å². The molecule has 22 heavy (non-hydrogen) atoms. The van der Waals surface area contributed by atoms with Crippen LogP contribution in [-0.4, -0.2) is 11.7 Å². The van der Waals surface area contributed by atoms with Gasteiger partial charge in [0, 0.05) is 5.56 Å². The molecule has 0 unspecified atom stereocenters. The molecule has 0 atom stereocenters. The number of halogens is 5. The molecule has 118 valence electrons. The van der Waals surface area contributed by atoms with Crippen LogP contribution in [0.4, 0.5) is 22.0 Å². The number of alkyl halides is 5. The molecule has 0 saturated carbocycles. The van der Waals surface area contributed by atoms with Gasteiger partial charge in [0.15, 0.2) is 0 Å². The Morgan fingerprint density at radius 2 is 1.55 bits per heavy atom. The number of aliphatic hydroxyl groups is 1. The van der Waals surface area contributed by atoms with Gasteiger partial charge in [0.1, 0.15) is 5.75 Å². The lowest BCUT2D eigenvalue weighted by Crippen LogP contribution is -2.05. The van der Waals surface area contributed by atoms with E-state index in [1.807, 2.05) is 0 Å². The van der Waals surface area contributed by atoms with Gasteiger partial charge >= 0.3 is 12.8 Å². The summed E-state index contributed by atoms with van der Waals surface area (Å²) in [6.07, 6.45) is -4.44. The van der Waals surface area contributed by atoms with E-state index < -0.39 is 25.0 Å². The summed E-state index contributed by atoms with van der Waals surface area (Å²) in [4.78, 5) is 0. The largest absolute Gasteiger partial charge is 0.434 e. The minimum Gasteiger partial charge on any atom is -0.434 e. The van der Waals surface area contributed by atoms with E-state index in [9.17, 15) is 22.0 Å². The second-order valence-electron chi connectivity index (χ2n) is 4.43. The van der Waals surface area contributed by atoms with Crippen molar-refractivity contribution in [1.82, 2.24) is 0 Å². The van der Waals surface area contributed by atoms with Crippen LogP contribution in [0, 0.1) is 0 Å². The molecule has 2 aromatic carbocycles. The lowest BCUT2D eigenvalue weighted by molar-refractivity contribution is -0.137. The minimum absolute atomic E-state index is 0.163. The van der Waals surface area contributed by atoms with Crippen LogP contribution >= 0.6 is 0 Å². The van der Waals surface area contributed by atoms with Gasteiger partial charge in [0.2, 0.25) is 0 Å². The van der Waals surface area contributed by atoms with Crippen molar-refractivity contribution in [2.45, 2.75) is 19.4 Å². The third-order valence-corrected chi connectivity index (χ3v) is 3.00. The van der Waals surface area contributed by atoms with Crippen molar-refractivity contribution >= 4 is 0 Å². The standard InChI is InChI=1S/C15H11F5O2/c16-14(17)22-13-7-10(1-2-11(13)8-21)9-3-5-12(6-4-9)15(18,19)20/h1-7,14,21H,8H2. The molecule has 0 aliphatic heterocycles. The molecule has 1 N–H and O–H groups in total. The Bertz CT molecular complexity index is 635. The summed E-state index contributed by atoms with van der Waals surface area (Å²) >= 11 is 0. The first-order valence-electron chi connectivity index (χ1n) is 6.17. The number of ether oxygens (including phenoxy) is 1. The van der Waals surface area contributed by atoms with Crippen molar-refractivity contribution < 1.29 is 31.8 Å². The molecule has 0 saturated heterocycles. The van der Waals surface area contributed by atoms with Crippen molar-refractivity contribution in [3.05, 3.63) is 53.6 Å². The van der Waals surface area contributed by atoms with Crippen molar-refractivity contribution in [2.24, 2.45) is 0 Å². The molecule has 0 aliphatic rings. The number of hydrogen-bond acceptors (Lipinski definition) is 2. The average Bonchev–Trinajstić information content (AvgIpc) is 2.46. The topological polar surface area (TPSA) is 29.5 Å². The monoisotopic (exact) mass is 318 g/mol. The van der Waals surface area contributed by atoms with Gasteiger partial charge in [-0.1, -0.05) is 24.3 Å². The van der Waals surface area contributed by atoms with E-state index in [-0.39, 0.29) is 11.3 Å². The summed E-state index contributed by atoms with van der Waals surface area (Å²) in [7, 11) is 0. The van der Waals surface area contributed by atoms with Gasteiger partial charge in [-0.05, 0) is 29.3 Å². The maximum atomic E-state index is 12.5. The molecule has 0 fully saturated rings. The van der Waals surface area contributed by atoms with E-state index >= 15 is 0 Å². The smallest absolute Gasteiger partial charge is 0.416 e. The Balaban J connectivity index is 2.36. The molecular weight excluding hydrogens is 307 g/mol. The average molecular weight is 318 g/mol.